The Labute approximate surface area is 120 Å². The molecule has 1 aliphatic rings. The molecule has 0 aliphatic heterocycles. The minimum Gasteiger partial charge on any atom is -0.445 e. The van der Waals surface area contributed by atoms with Crippen molar-refractivity contribution in [2.75, 3.05) is 0 Å². The van der Waals surface area contributed by atoms with Crippen LogP contribution in [-0.4, -0.2) is 4.98 Å². The van der Waals surface area contributed by atoms with Crippen molar-refractivity contribution in [3.8, 4) is 0 Å². The molecule has 0 saturated heterocycles. The Balaban J connectivity index is 1.82. The van der Waals surface area contributed by atoms with E-state index in [0.717, 1.165) is 11.7 Å². The van der Waals surface area contributed by atoms with Gasteiger partial charge < -0.3 is 9.73 Å². The first-order valence-corrected chi connectivity index (χ1v) is 7.29. The summed E-state index contributed by atoms with van der Waals surface area (Å²) in [6, 6.07) is 9.10. The van der Waals surface area contributed by atoms with Crippen LogP contribution in [0.15, 0.2) is 34.9 Å². The summed E-state index contributed by atoms with van der Waals surface area (Å²) in [4.78, 5) is 4.27. The third-order valence-electron chi connectivity index (χ3n) is 4.31. The SMILES string of the molecule is Cc1cnc(CNC2c3ccccc3CCC2(C)C)o1. The summed E-state index contributed by atoms with van der Waals surface area (Å²) < 4.78 is 5.56. The first kappa shape index (κ1) is 13.4. The molecule has 106 valence electrons. The van der Waals surface area contributed by atoms with Gasteiger partial charge in [-0.3, -0.25) is 0 Å². The van der Waals surface area contributed by atoms with E-state index in [1.165, 1.54) is 24.0 Å². The highest BCUT2D eigenvalue weighted by molar-refractivity contribution is 5.34. The van der Waals surface area contributed by atoms with Gasteiger partial charge in [0.25, 0.3) is 0 Å². The number of rotatable bonds is 3. The second-order valence-electron chi connectivity index (χ2n) is 6.37. The molecule has 1 aromatic carbocycles. The highest BCUT2D eigenvalue weighted by atomic mass is 16.4. The van der Waals surface area contributed by atoms with Gasteiger partial charge in [-0.05, 0) is 36.3 Å². The molecule has 0 saturated carbocycles. The zero-order valence-electron chi connectivity index (χ0n) is 12.4. The molecule has 2 aromatic rings. The van der Waals surface area contributed by atoms with E-state index in [2.05, 4.69) is 48.4 Å². The van der Waals surface area contributed by atoms with Crippen LogP contribution in [0, 0.1) is 12.3 Å². The maximum Gasteiger partial charge on any atom is 0.208 e. The minimum absolute atomic E-state index is 0.246. The van der Waals surface area contributed by atoms with E-state index in [9.17, 15) is 0 Å². The molecule has 20 heavy (non-hydrogen) atoms. The lowest BCUT2D eigenvalue weighted by Crippen LogP contribution is -2.37. The topological polar surface area (TPSA) is 38.1 Å². The Kier molecular flexibility index (Phi) is 3.38. The Bertz CT molecular complexity index is 601. The van der Waals surface area contributed by atoms with Crippen LogP contribution in [0.4, 0.5) is 0 Å². The fourth-order valence-electron chi connectivity index (χ4n) is 3.12. The molecule has 1 atom stereocenters. The molecular formula is C17H22N2O. The zero-order valence-corrected chi connectivity index (χ0v) is 12.4. The largest absolute Gasteiger partial charge is 0.445 e. The molecule has 3 rings (SSSR count). The van der Waals surface area contributed by atoms with Gasteiger partial charge in [-0.15, -0.1) is 0 Å². The predicted molar refractivity (Wildman–Crippen MR) is 79.4 cm³/mol. The third kappa shape index (κ3) is 2.50. The van der Waals surface area contributed by atoms with Crippen LogP contribution in [0.25, 0.3) is 0 Å². The average molecular weight is 270 g/mol. The van der Waals surface area contributed by atoms with Gasteiger partial charge in [-0.2, -0.15) is 0 Å². The molecule has 1 N–H and O–H groups in total. The Morgan fingerprint density at radius 1 is 1.35 bits per heavy atom. The van der Waals surface area contributed by atoms with Crippen molar-refractivity contribution >= 4 is 0 Å². The first-order chi connectivity index (χ1) is 9.56. The number of hydrogen-bond acceptors (Lipinski definition) is 3. The number of oxazole rings is 1. The lowest BCUT2D eigenvalue weighted by molar-refractivity contribution is 0.203. The van der Waals surface area contributed by atoms with Gasteiger partial charge in [-0.25, -0.2) is 4.98 Å². The van der Waals surface area contributed by atoms with Crippen molar-refractivity contribution in [3.05, 3.63) is 53.2 Å². The molecule has 0 fully saturated rings. The lowest BCUT2D eigenvalue weighted by Gasteiger charge is -2.40. The number of hydrogen-bond donors (Lipinski definition) is 1. The molecular weight excluding hydrogens is 248 g/mol. The van der Waals surface area contributed by atoms with E-state index in [1.807, 2.05) is 6.92 Å². The van der Waals surface area contributed by atoms with Crippen molar-refractivity contribution in [3.63, 3.8) is 0 Å². The fourth-order valence-corrected chi connectivity index (χ4v) is 3.12. The highest BCUT2D eigenvalue weighted by Gasteiger charge is 2.35. The van der Waals surface area contributed by atoms with Crippen LogP contribution in [-0.2, 0) is 13.0 Å². The molecule has 0 bridgehead atoms. The number of benzene rings is 1. The molecule has 0 spiro atoms. The Morgan fingerprint density at radius 3 is 2.90 bits per heavy atom. The lowest BCUT2D eigenvalue weighted by atomic mass is 9.70. The number of nitrogens with zero attached hydrogens (tertiary/aromatic N) is 1. The van der Waals surface area contributed by atoms with Crippen molar-refractivity contribution in [1.82, 2.24) is 10.3 Å². The summed E-state index contributed by atoms with van der Waals surface area (Å²) in [5.41, 5.74) is 3.13. The molecule has 0 radical (unpaired) electrons. The zero-order chi connectivity index (χ0) is 14.2. The number of nitrogens with one attached hydrogen (secondary N) is 1. The number of fused-ring (bicyclic) bond motifs is 1. The highest BCUT2D eigenvalue weighted by Crippen LogP contribution is 2.43. The maximum atomic E-state index is 5.56. The summed E-state index contributed by atoms with van der Waals surface area (Å²) in [6.07, 6.45) is 4.14. The molecule has 3 nitrogen and oxygen atoms in total. The van der Waals surface area contributed by atoms with E-state index in [-0.39, 0.29) is 5.41 Å². The van der Waals surface area contributed by atoms with E-state index >= 15 is 0 Å². The van der Waals surface area contributed by atoms with Crippen molar-refractivity contribution in [2.45, 2.75) is 46.2 Å². The predicted octanol–water partition coefficient (Wildman–Crippen LogP) is 3.79. The van der Waals surface area contributed by atoms with Gasteiger partial charge in [0.15, 0.2) is 0 Å². The summed E-state index contributed by atoms with van der Waals surface area (Å²) >= 11 is 0. The Hall–Kier alpha value is -1.61. The molecule has 1 unspecified atom stereocenters. The molecule has 1 aromatic heterocycles. The second-order valence-corrected chi connectivity index (χ2v) is 6.37. The van der Waals surface area contributed by atoms with E-state index < -0.39 is 0 Å². The summed E-state index contributed by atoms with van der Waals surface area (Å²) in [5.74, 6) is 1.63. The van der Waals surface area contributed by atoms with Gasteiger partial charge in [0.2, 0.25) is 5.89 Å². The third-order valence-corrected chi connectivity index (χ3v) is 4.31. The van der Waals surface area contributed by atoms with Crippen molar-refractivity contribution < 1.29 is 4.42 Å². The van der Waals surface area contributed by atoms with Crippen molar-refractivity contribution in [1.29, 1.82) is 0 Å². The van der Waals surface area contributed by atoms with Gasteiger partial charge in [0.05, 0.1) is 12.7 Å². The van der Waals surface area contributed by atoms with Gasteiger partial charge in [0, 0.05) is 6.04 Å². The number of aromatic nitrogens is 1. The smallest absolute Gasteiger partial charge is 0.208 e. The molecule has 1 heterocycles. The minimum atomic E-state index is 0.246. The monoisotopic (exact) mass is 270 g/mol. The summed E-state index contributed by atoms with van der Waals surface area (Å²) in [7, 11) is 0. The molecule has 3 heteroatoms. The van der Waals surface area contributed by atoms with E-state index in [0.29, 0.717) is 12.6 Å². The standard InChI is InChI=1S/C17H22N2O/c1-12-10-18-15(20-12)11-19-16-14-7-5-4-6-13(14)8-9-17(16,2)3/h4-7,10,16,19H,8-9,11H2,1-3H3. The summed E-state index contributed by atoms with van der Waals surface area (Å²) in [5, 5.41) is 3.64. The van der Waals surface area contributed by atoms with Gasteiger partial charge >= 0.3 is 0 Å². The number of aryl methyl sites for hydroxylation is 2. The average Bonchev–Trinajstić information content (AvgIpc) is 2.83. The summed E-state index contributed by atoms with van der Waals surface area (Å²) in [6.45, 7) is 7.27. The normalized spacial score (nSPS) is 20.6. The first-order valence-electron chi connectivity index (χ1n) is 7.29. The maximum absolute atomic E-state index is 5.56. The molecule has 1 aliphatic carbocycles. The van der Waals surface area contributed by atoms with Crippen LogP contribution in [0.5, 0.6) is 0 Å². The fraction of sp³-hybridized carbons (Fsp3) is 0.471. The van der Waals surface area contributed by atoms with Crippen LogP contribution in [0.3, 0.4) is 0 Å². The van der Waals surface area contributed by atoms with E-state index in [4.69, 9.17) is 4.42 Å². The van der Waals surface area contributed by atoms with Crippen LogP contribution in [0.1, 0.15) is 49.1 Å². The van der Waals surface area contributed by atoms with Crippen LogP contribution in [0.2, 0.25) is 0 Å². The molecule has 0 amide bonds. The van der Waals surface area contributed by atoms with Gasteiger partial charge in [0.1, 0.15) is 5.76 Å². The van der Waals surface area contributed by atoms with Crippen LogP contribution >= 0.6 is 0 Å². The van der Waals surface area contributed by atoms with Crippen LogP contribution < -0.4 is 5.32 Å². The van der Waals surface area contributed by atoms with E-state index in [1.54, 1.807) is 6.20 Å². The second kappa shape index (κ2) is 5.06. The Morgan fingerprint density at radius 2 is 2.15 bits per heavy atom. The van der Waals surface area contributed by atoms with Crippen molar-refractivity contribution in [2.24, 2.45) is 5.41 Å². The van der Waals surface area contributed by atoms with Gasteiger partial charge in [-0.1, -0.05) is 38.1 Å². The quantitative estimate of drug-likeness (QED) is 0.922.